The Balaban J connectivity index is 1.49. The van der Waals surface area contributed by atoms with Crippen LogP contribution in [-0.4, -0.2) is 40.2 Å². The molecule has 3 aromatic heterocycles. The minimum Gasteiger partial charge on any atom is -0.461 e. The summed E-state index contributed by atoms with van der Waals surface area (Å²) in [7, 11) is 0. The fourth-order valence-electron chi connectivity index (χ4n) is 3.31. The van der Waals surface area contributed by atoms with Gasteiger partial charge in [-0.05, 0) is 37.3 Å². The molecule has 1 aromatic carbocycles. The van der Waals surface area contributed by atoms with E-state index in [4.69, 9.17) is 9.15 Å². The summed E-state index contributed by atoms with van der Waals surface area (Å²) in [5, 5.41) is 12.5. The zero-order valence-corrected chi connectivity index (χ0v) is 20.5. The van der Waals surface area contributed by atoms with E-state index in [1.165, 1.54) is 11.3 Å². The van der Waals surface area contributed by atoms with Gasteiger partial charge in [0.15, 0.2) is 10.8 Å². The van der Waals surface area contributed by atoms with Crippen molar-refractivity contribution in [2.75, 3.05) is 18.1 Å². The number of thiazole rings is 1. The third-order valence-corrected chi connectivity index (χ3v) is 6.72. The van der Waals surface area contributed by atoms with E-state index in [1.807, 2.05) is 47.2 Å². The standard InChI is InChI=1S/C24H24N4O4S2/c1-3-31-23(30)21-16(2)34-24(25-21)28(13-11-17-7-5-4-6-8-17)20(29)10-9-19-26-27-22(32-19)18-12-14-33-15-18/h4-8,12,14-15H,3,9-11,13H2,1-2H3. The molecule has 3 heterocycles. The maximum atomic E-state index is 13.3. The van der Waals surface area contributed by atoms with Crippen LogP contribution < -0.4 is 4.90 Å². The normalized spacial score (nSPS) is 10.9. The molecule has 0 aliphatic heterocycles. The Morgan fingerprint density at radius 3 is 2.68 bits per heavy atom. The first-order valence-corrected chi connectivity index (χ1v) is 12.6. The number of ether oxygens (including phenoxy) is 1. The molecule has 4 rings (SSSR count). The Labute approximate surface area is 205 Å². The van der Waals surface area contributed by atoms with Crippen LogP contribution in [0.25, 0.3) is 11.5 Å². The van der Waals surface area contributed by atoms with Gasteiger partial charge in [0.25, 0.3) is 0 Å². The van der Waals surface area contributed by atoms with Crippen LogP contribution in [0.1, 0.15) is 40.2 Å². The fraction of sp³-hybridized carbons (Fsp3) is 0.292. The average Bonchev–Trinajstić information content (AvgIpc) is 3.60. The highest BCUT2D eigenvalue weighted by molar-refractivity contribution is 7.16. The summed E-state index contributed by atoms with van der Waals surface area (Å²) in [5.41, 5.74) is 2.22. The Morgan fingerprint density at radius 1 is 1.12 bits per heavy atom. The van der Waals surface area contributed by atoms with E-state index in [0.717, 1.165) is 11.1 Å². The number of aryl methyl sites for hydroxylation is 2. The summed E-state index contributed by atoms with van der Waals surface area (Å²) >= 11 is 2.85. The highest BCUT2D eigenvalue weighted by Gasteiger charge is 2.24. The lowest BCUT2D eigenvalue weighted by atomic mass is 10.1. The number of aromatic nitrogens is 3. The van der Waals surface area contributed by atoms with Crippen molar-refractivity contribution in [1.29, 1.82) is 0 Å². The van der Waals surface area contributed by atoms with Gasteiger partial charge < -0.3 is 9.15 Å². The monoisotopic (exact) mass is 496 g/mol. The molecule has 0 unspecified atom stereocenters. The molecule has 0 radical (unpaired) electrons. The Hall–Kier alpha value is -3.37. The van der Waals surface area contributed by atoms with Crippen molar-refractivity contribution < 1.29 is 18.7 Å². The molecule has 0 fully saturated rings. The molecule has 0 atom stereocenters. The third kappa shape index (κ3) is 5.75. The van der Waals surface area contributed by atoms with Gasteiger partial charge >= 0.3 is 5.97 Å². The lowest BCUT2D eigenvalue weighted by Crippen LogP contribution is -2.33. The van der Waals surface area contributed by atoms with Crippen molar-refractivity contribution in [2.45, 2.75) is 33.1 Å². The van der Waals surface area contributed by atoms with Crippen molar-refractivity contribution in [3.05, 3.63) is 69.2 Å². The van der Waals surface area contributed by atoms with Crippen LogP contribution in [0.4, 0.5) is 5.13 Å². The summed E-state index contributed by atoms with van der Waals surface area (Å²) in [6.45, 7) is 4.25. The molecule has 0 spiro atoms. The van der Waals surface area contributed by atoms with Crippen LogP contribution in [0, 0.1) is 6.92 Å². The molecule has 0 saturated carbocycles. The molecule has 8 nitrogen and oxygen atoms in total. The first kappa shape index (κ1) is 23.8. The summed E-state index contributed by atoms with van der Waals surface area (Å²) in [5.74, 6) is 0.236. The Bertz CT molecular complexity index is 1240. The molecule has 10 heteroatoms. The highest BCUT2D eigenvalue weighted by Crippen LogP contribution is 2.28. The highest BCUT2D eigenvalue weighted by atomic mass is 32.1. The number of esters is 1. The number of benzene rings is 1. The van der Waals surface area contributed by atoms with Crippen LogP contribution in [0.3, 0.4) is 0 Å². The van der Waals surface area contributed by atoms with Crippen LogP contribution in [0.2, 0.25) is 0 Å². The van der Waals surface area contributed by atoms with Gasteiger partial charge in [-0.1, -0.05) is 30.3 Å². The second-order valence-electron chi connectivity index (χ2n) is 7.42. The van der Waals surface area contributed by atoms with Crippen molar-refractivity contribution in [1.82, 2.24) is 15.2 Å². The van der Waals surface area contributed by atoms with E-state index in [-0.39, 0.29) is 24.6 Å². The van der Waals surface area contributed by atoms with Crippen molar-refractivity contribution in [3.63, 3.8) is 0 Å². The number of anilines is 1. The fourth-order valence-corrected chi connectivity index (χ4v) is 4.88. The van der Waals surface area contributed by atoms with E-state index < -0.39 is 5.97 Å². The number of carbonyl (C=O) groups is 2. The van der Waals surface area contributed by atoms with E-state index in [2.05, 4.69) is 15.2 Å². The zero-order valence-electron chi connectivity index (χ0n) is 18.9. The first-order valence-electron chi connectivity index (χ1n) is 10.9. The van der Waals surface area contributed by atoms with Crippen molar-refractivity contribution in [2.24, 2.45) is 0 Å². The number of rotatable bonds is 10. The lowest BCUT2D eigenvalue weighted by molar-refractivity contribution is -0.118. The van der Waals surface area contributed by atoms with E-state index >= 15 is 0 Å². The quantitative estimate of drug-likeness (QED) is 0.287. The van der Waals surface area contributed by atoms with Gasteiger partial charge in [0.05, 0.1) is 6.61 Å². The first-order chi connectivity index (χ1) is 16.5. The summed E-state index contributed by atoms with van der Waals surface area (Å²) in [6, 6.07) is 11.8. The van der Waals surface area contributed by atoms with E-state index in [0.29, 0.717) is 41.2 Å². The zero-order chi connectivity index (χ0) is 23.9. The molecule has 0 N–H and O–H groups in total. The maximum absolute atomic E-state index is 13.3. The lowest BCUT2D eigenvalue weighted by Gasteiger charge is -2.19. The number of nitrogens with zero attached hydrogens (tertiary/aromatic N) is 4. The molecule has 4 aromatic rings. The molecular formula is C24H24N4O4S2. The van der Waals surface area contributed by atoms with Crippen molar-refractivity contribution in [3.8, 4) is 11.5 Å². The molecule has 0 bridgehead atoms. The van der Waals surface area contributed by atoms with Crippen LogP contribution in [0.5, 0.6) is 0 Å². The Kier molecular flexibility index (Phi) is 7.81. The molecule has 0 aliphatic rings. The van der Waals surface area contributed by atoms with Crippen LogP contribution >= 0.6 is 22.7 Å². The van der Waals surface area contributed by atoms with E-state index in [1.54, 1.807) is 30.1 Å². The summed E-state index contributed by atoms with van der Waals surface area (Å²) in [6.07, 6.45) is 1.14. The molecule has 0 saturated heterocycles. The third-order valence-electron chi connectivity index (χ3n) is 5.04. The minimum atomic E-state index is -0.482. The molecule has 34 heavy (non-hydrogen) atoms. The molecule has 176 valence electrons. The summed E-state index contributed by atoms with van der Waals surface area (Å²) < 4.78 is 10.8. The molecular weight excluding hydrogens is 472 g/mol. The minimum absolute atomic E-state index is 0.129. The smallest absolute Gasteiger partial charge is 0.358 e. The summed E-state index contributed by atoms with van der Waals surface area (Å²) in [4.78, 5) is 32.3. The van der Waals surface area contributed by atoms with E-state index in [9.17, 15) is 9.59 Å². The van der Waals surface area contributed by atoms with Crippen LogP contribution in [-0.2, 0) is 22.4 Å². The average molecular weight is 497 g/mol. The predicted molar refractivity (Wildman–Crippen MR) is 131 cm³/mol. The number of carbonyl (C=O) groups excluding carboxylic acids is 2. The number of thiophene rings is 1. The van der Waals surface area contributed by atoms with Gasteiger partial charge in [0, 0.05) is 35.2 Å². The second kappa shape index (κ2) is 11.2. The Morgan fingerprint density at radius 2 is 1.94 bits per heavy atom. The van der Waals surface area contributed by atoms with Gasteiger partial charge in [-0.15, -0.1) is 21.5 Å². The SMILES string of the molecule is CCOC(=O)c1nc(N(CCc2ccccc2)C(=O)CCc2nnc(-c3ccsc3)o2)sc1C. The van der Waals surface area contributed by atoms with Gasteiger partial charge in [-0.3, -0.25) is 9.69 Å². The van der Waals surface area contributed by atoms with Gasteiger partial charge in [-0.25, -0.2) is 9.78 Å². The van der Waals surface area contributed by atoms with Gasteiger partial charge in [0.1, 0.15) is 0 Å². The molecule has 1 amide bonds. The van der Waals surface area contributed by atoms with Gasteiger partial charge in [0.2, 0.25) is 17.7 Å². The largest absolute Gasteiger partial charge is 0.461 e. The number of hydrogen-bond acceptors (Lipinski definition) is 9. The number of amides is 1. The molecule has 0 aliphatic carbocycles. The predicted octanol–water partition coefficient (Wildman–Crippen LogP) is 4.95. The second-order valence-corrected chi connectivity index (χ2v) is 9.38. The van der Waals surface area contributed by atoms with Crippen molar-refractivity contribution >= 4 is 39.7 Å². The maximum Gasteiger partial charge on any atom is 0.358 e. The van der Waals surface area contributed by atoms with Crippen LogP contribution in [0.15, 0.2) is 51.6 Å². The topological polar surface area (TPSA) is 98.4 Å². The van der Waals surface area contributed by atoms with Gasteiger partial charge in [-0.2, -0.15) is 11.3 Å². The number of hydrogen-bond donors (Lipinski definition) is 0.